The molecule has 0 saturated carbocycles. The van der Waals surface area contributed by atoms with Crippen LogP contribution in [-0.2, 0) is 22.5 Å². The number of benzene rings is 2. The minimum Gasteiger partial charge on any atom is -0.497 e. The fourth-order valence-corrected chi connectivity index (χ4v) is 3.80. The number of rotatable bonds is 10. The van der Waals surface area contributed by atoms with Crippen LogP contribution < -0.4 is 10.1 Å². The minimum absolute atomic E-state index is 0.0145. The van der Waals surface area contributed by atoms with Crippen molar-refractivity contribution in [3.05, 3.63) is 65.7 Å². The van der Waals surface area contributed by atoms with Gasteiger partial charge in [0.15, 0.2) is 6.10 Å². The predicted molar refractivity (Wildman–Crippen MR) is 121 cm³/mol. The summed E-state index contributed by atoms with van der Waals surface area (Å²) in [6.07, 6.45) is 1.63. The van der Waals surface area contributed by atoms with Crippen molar-refractivity contribution in [2.45, 2.75) is 50.5 Å². The van der Waals surface area contributed by atoms with Crippen molar-refractivity contribution in [3.8, 4) is 5.75 Å². The maximum absolute atomic E-state index is 12.6. The molecule has 168 valence electrons. The molecule has 2 N–H and O–H groups in total. The normalized spacial score (nSPS) is 21.1. The summed E-state index contributed by atoms with van der Waals surface area (Å²) < 4.78 is 11.1. The average molecular weight is 427 g/mol. The van der Waals surface area contributed by atoms with Crippen molar-refractivity contribution in [2.24, 2.45) is 0 Å². The number of hydrogen-bond donors (Lipinski definition) is 2. The van der Waals surface area contributed by atoms with Gasteiger partial charge in [-0.1, -0.05) is 42.5 Å². The van der Waals surface area contributed by atoms with Crippen molar-refractivity contribution in [1.82, 2.24) is 10.2 Å². The maximum Gasteiger partial charge on any atom is 0.252 e. The van der Waals surface area contributed by atoms with Gasteiger partial charge in [0.2, 0.25) is 0 Å². The van der Waals surface area contributed by atoms with Crippen LogP contribution in [0.5, 0.6) is 5.75 Å². The van der Waals surface area contributed by atoms with E-state index in [0.29, 0.717) is 13.0 Å². The summed E-state index contributed by atoms with van der Waals surface area (Å²) in [5.41, 5.74) is 2.30. The molecule has 2 aromatic carbocycles. The van der Waals surface area contributed by atoms with Gasteiger partial charge in [-0.3, -0.25) is 4.79 Å². The number of nitrogens with zero attached hydrogens (tertiary/aromatic N) is 1. The van der Waals surface area contributed by atoms with Crippen LogP contribution in [0.1, 0.15) is 30.4 Å². The van der Waals surface area contributed by atoms with E-state index in [9.17, 15) is 9.90 Å². The van der Waals surface area contributed by atoms with Crippen LogP contribution in [0.4, 0.5) is 0 Å². The highest BCUT2D eigenvalue weighted by Crippen LogP contribution is 2.22. The van der Waals surface area contributed by atoms with Gasteiger partial charge in [0.25, 0.3) is 5.91 Å². The summed E-state index contributed by atoms with van der Waals surface area (Å²) in [4.78, 5) is 14.9. The maximum atomic E-state index is 12.6. The minimum atomic E-state index is -0.813. The van der Waals surface area contributed by atoms with Gasteiger partial charge in [-0.05, 0) is 56.0 Å². The smallest absolute Gasteiger partial charge is 0.252 e. The molecule has 1 fully saturated rings. The zero-order chi connectivity index (χ0) is 22.1. The molecule has 2 aromatic rings. The lowest BCUT2D eigenvalue weighted by molar-refractivity contribution is -0.158. The first-order valence-corrected chi connectivity index (χ1v) is 11.0. The van der Waals surface area contributed by atoms with Gasteiger partial charge in [0.1, 0.15) is 5.75 Å². The second-order valence-corrected chi connectivity index (χ2v) is 8.22. The molecule has 31 heavy (non-hydrogen) atoms. The SMILES string of the molecule is COc1ccc(CNC(=O)[C@H]2O[C@H](CCN(C)CCc3ccccc3)CC[C@@H]2O)cc1. The number of carbonyl (C=O) groups is 1. The number of carbonyl (C=O) groups excluding carboxylic acids is 1. The Balaban J connectivity index is 1.41. The lowest BCUT2D eigenvalue weighted by atomic mass is 9.98. The molecule has 1 amide bonds. The topological polar surface area (TPSA) is 71.0 Å². The summed E-state index contributed by atoms with van der Waals surface area (Å²) in [6.45, 7) is 2.27. The predicted octanol–water partition coefficient (Wildman–Crippen LogP) is 2.78. The molecule has 6 heteroatoms. The molecule has 3 rings (SSSR count). The number of amides is 1. The van der Waals surface area contributed by atoms with E-state index in [2.05, 4.69) is 41.5 Å². The molecule has 6 nitrogen and oxygen atoms in total. The number of hydrogen-bond acceptors (Lipinski definition) is 5. The third-order valence-electron chi connectivity index (χ3n) is 5.81. The molecule has 0 unspecified atom stereocenters. The Bertz CT molecular complexity index is 797. The second-order valence-electron chi connectivity index (χ2n) is 8.22. The Labute approximate surface area is 185 Å². The van der Waals surface area contributed by atoms with Crippen molar-refractivity contribution >= 4 is 5.91 Å². The molecule has 0 aromatic heterocycles. The Morgan fingerprint density at radius 1 is 1.10 bits per heavy atom. The van der Waals surface area contributed by atoms with Gasteiger partial charge in [0.05, 0.1) is 19.3 Å². The highest BCUT2D eigenvalue weighted by atomic mass is 16.5. The van der Waals surface area contributed by atoms with E-state index in [1.165, 1.54) is 5.56 Å². The van der Waals surface area contributed by atoms with Crippen LogP contribution in [0, 0.1) is 0 Å². The summed E-state index contributed by atoms with van der Waals surface area (Å²) >= 11 is 0. The number of ether oxygens (including phenoxy) is 2. The number of likely N-dealkylation sites (N-methyl/N-ethyl adjacent to an activating group) is 1. The average Bonchev–Trinajstić information content (AvgIpc) is 2.81. The van der Waals surface area contributed by atoms with Crippen LogP contribution >= 0.6 is 0 Å². The summed E-state index contributed by atoms with van der Waals surface area (Å²) in [5.74, 6) is 0.517. The van der Waals surface area contributed by atoms with Crippen LogP contribution in [-0.4, -0.2) is 61.5 Å². The highest BCUT2D eigenvalue weighted by molar-refractivity contribution is 5.81. The van der Waals surface area contributed by atoms with Gasteiger partial charge in [-0.2, -0.15) is 0 Å². The molecule has 0 aliphatic carbocycles. The van der Waals surface area contributed by atoms with E-state index in [4.69, 9.17) is 9.47 Å². The Morgan fingerprint density at radius 2 is 1.84 bits per heavy atom. The van der Waals surface area contributed by atoms with E-state index >= 15 is 0 Å². The Hall–Kier alpha value is -2.41. The molecule has 0 radical (unpaired) electrons. The van der Waals surface area contributed by atoms with Gasteiger partial charge >= 0.3 is 0 Å². The number of methoxy groups -OCH3 is 1. The molecular formula is C25H34N2O4. The third-order valence-corrected chi connectivity index (χ3v) is 5.81. The third kappa shape index (κ3) is 7.35. The summed E-state index contributed by atoms with van der Waals surface area (Å²) in [6, 6.07) is 18.0. The van der Waals surface area contributed by atoms with Crippen LogP contribution in [0.25, 0.3) is 0 Å². The van der Waals surface area contributed by atoms with Gasteiger partial charge in [0, 0.05) is 19.6 Å². The van der Waals surface area contributed by atoms with Crippen LogP contribution in [0.2, 0.25) is 0 Å². The summed E-state index contributed by atoms with van der Waals surface area (Å²) in [5, 5.41) is 13.2. The zero-order valence-corrected chi connectivity index (χ0v) is 18.5. The monoisotopic (exact) mass is 426 g/mol. The molecule has 1 heterocycles. The van der Waals surface area contributed by atoms with E-state index in [0.717, 1.165) is 43.7 Å². The van der Waals surface area contributed by atoms with Gasteiger partial charge in [-0.15, -0.1) is 0 Å². The summed E-state index contributed by atoms with van der Waals surface area (Å²) in [7, 11) is 3.73. The quantitative estimate of drug-likeness (QED) is 0.611. The lowest BCUT2D eigenvalue weighted by Gasteiger charge is -2.33. The van der Waals surface area contributed by atoms with Crippen molar-refractivity contribution < 1.29 is 19.4 Å². The largest absolute Gasteiger partial charge is 0.497 e. The van der Waals surface area contributed by atoms with E-state index in [-0.39, 0.29) is 12.0 Å². The number of aliphatic hydroxyl groups excluding tert-OH is 1. The van der Waals surface area contributed by atoms with Gasteiger partial charge < -0.3 is 24.8 Å². The zero-order valence-electron chi connectivity index (χ0n) is 18.5. The van der Waals surface area contributed by atoms with E-state index in [1.807, 2.05) is 30.3 Å². The number of nitrogens with one attached hydrogen (secondary N) is 1. The molecule has 1 aliphatic heterocycles. The molecule has 0 spiro atoms. The van der Waals surface area contributed by atoms with Crippen molar-refractivity contribution in [1.29, 1.82) is 0 Å². The van der Waals surface area contributed by atoms with Crippen molar-refractivity contribution in [3.63, 3.8) is 0 Å². The molecule has 1 saturated heterocycles. The van der Waals surface area contributed by atoms with Crippen LogP contribution in [0.3, 0.4) is 0 Å². The first kappa shape index (κ1) is 23.3. The lowest BCUT2D eigenvalue weighted by Crippen LogP contribution is -2.49. The van der Waals surface area contributed by atoms with Crippen molar-refractivity contribution in [2.75, 3.05) is 27.2 Å². The number of aliphatic hydroxyl groups is 1. The first-order chi connectivity index (χ1) is 15.0. The van der Waals surface area contributed by atoms with E-state index in [1.54, 1.807) is 7.11 Å². The molecule has 1 aliphatic rings. The first-order valence-electron chi connectivity index (χ1n) is 11.0. The highest BCUT2D eigenvalue weighted by Gasteiger charge is 2.34. The molecule has 0 bridgehead atoms. The fraction of sp³-hybridized carbons (Fsp3) is 0.480. The van der Waals surface area contributed by atoms with Crippen LogP contribution in [0.15, 0.2) is 54.6 Å². The van der Waals surface area contributed by atoms with Gasteiger partial charge in [-0.25, -0.2) is 0 Å². The second kappa shape index (κ2) is 11.8. The molecular weight excluding hydrogens is 392 g/mol. The standard InChI is InChI=1S/C25H34N2O4/c1-27(16-14-19-6-4-3-5-7-19)17-15-22-12-13-23(28)24(31-22)25(29)26-18-20-8-10-21(30-2)11-9-20/h3-11,22-24,28H,12-18H2,1-2H3,(H,26,29)/t22-,23-,24-/m0/s1. The Kier molecular flexibility index (Phi) is 8.88. The molecule has 3 atom stereocenters. The van der Waals surface area contributed by atoms with E-state index < -0.39 is 12.2 Å². The fourth-order valence-electron chi connectivity index (χ4n) is 3.80. The Morgan fingerprint density at radius 3 is 2.55 bits per heavy atom.